The minimum absolute atomic E-state index is 0.00777. The van der Waals surface area contributed by atoms with Crippen LogP contribution in [-0.4, -0.2) is 39.9 Å². The van der Waals surface area contributed by atoms with Crippen molar-refractivity contribution in [1.29, 1.82) is 0 Å². The summed E-state index contributed by atoms with van der Waals surface area (Å²) < 4.78 is 0. The van der Waals surface area contributed by atoms with Gasteiger partial charge < -0.3 is 10.6 Å². The van der Waals surface area contributed by atoms with Gasteiger partial charge >= 0.3 is 0 Å². The average molecular weight is 387 g/mol. The number of likely N-dealkylation sites (tertiary alicyclic amines) is 1. The number of aromatic amines is 1. The lowest BCUT2D eigenvalue weighted by atomic mass is 9.95. The van der Waals surface area contributed by atoms with E-state index in [0.29, 0.717) is 13.1 Å². The molecule has 1 aliphatic rings. The number of thioether (sulfide) groups is 1. The topological polar surface area (TPSA) is 92.1 Å². The molecule has 0 saturated carbocycles. The lowest BCUT2D eigenvalue weighted by Crippen LogP contribution is -2.38. The molecule has 1 aromatic heterocycles. The first-order chi connectivity index (χ1) is 12.8. The molecule has 0 radical (unpaired) electrons. The van der Waals surface area contributed by atoms with Crippen LogP contribution >= 0.6 is 11.8 Å². The Hall–Kier alpha value is -2.12. The number of H-pyrrole nitrogens is 1. The summed E-state index contributed by atoms with van der Waals surface area (Å²) in [4.78, 5) is 26.5. The van der Waals surface area contributed by atoms with Crippen molar-refractivity contribution in [1.82, 2.24) is 15.1 Å². The van der Waals surface area contributed by atoms with Gasteiger partial charge in [-0.15, -0.1) is 0 Å². The van der Waals surface area contributed by atoms with E-state index >= 15 is 0 Å². The molecule has 1 aliphatic heterocycles. The molecule has 7 heteroatoms. The van der Waals surface area contributed by atoms with E-state index in [1.54, 1.807) is 16.7 Å². The number of hydrogen-bond acceptors (Lipinski definition) is 5. The smallest absolute Gasteiger partial charge is 0.228 e. The fraction of sp³-hybridized carbons (Fsp3) is 0.450. The van der Waals surface area contributed by atoms with Crippen LogP contribution in [0.4, 0.5) is 0 Å². The molecule has 0 bridgehead atoms. The molecule has 3 rings (SSSR count). The number of nitrogens with two attached hydrogens (primary N) is 1. The van der Waals surface area contributed by atoms with Crippen molar-refractivity contribution < 1.29 is 9.59 Å². The number of nitrogens with one attached hydrogen (secondary N) is 1. The fourth-order valence-corrected chi connectivity index (χ4v) is 3.91. The van der Waals surface area contributed by atoms with Gasteiger partial charge in [-0.25, -0.2) is 0 Å². The van der Waals surface area contributed by atoms with E-state index in [0.717, 1.165) is 22.0 Å². The monoisotopic (exact) mass is 386 g/mol. The Labute approximate surface area is 163 Å². The zero-order chi connectivity index (χ0) is 19.6. The summed E-state index contributed by atoms with van der Waals surface area (Å²) in [5, 5.41) is 8.16. The Morgan fingerprint density at radius 3 is 2.59 bits per heavy atom. The first-order valence-corrected chi connectivity index (χ1v) is 10.0. The average Bonchev–Trinajstić information content (AvgIpc) is 3.25. The summed E-state index contributed by atoms with van der Waals surface area (Å²) in [5.74, 6) is 0.545. The summed E-state index contributed by atoms with van der Waals surface area (Å²) in [6.07, 6.45) is 0. The summed E-state index contributed by atoms with van der Waals surface area (Å²) in [5.41, 5.74) is 8.23. The van der Waals surface area contributed by atoms with Crippen LogP contribution in [0.3, 0.4) is 0 Å². The van der Waals surface area contributed by atoms with Crippen LogP contribution in [0, 0.1) is 5.41 Å². The number of benzene rings is 1. The van der Waals surface area contributed by atoms with Crippen LogP contribution in [0.25, 0.3) is 0 Å². The van der Waals surface area contributed by atoms with Gasteiger partial charge in [-0.05, 0) is 17.2 Å². The third kappa shape index (κ3) is 4.59. The maximum absolute atomic E-state index is 12.4. The van der Waals surface area contributed by atoms with Gasteiger partial charge in [0.2, 0.25) is 5.91 Å². The number of hydrogen-bond donors (Lipinski definition) is 2. The van der Waals surface area contributed by atoms with Gasteiger partial charge in [0.05, 0.1) is 12.5 Å². The second-order valence-electron chi connectivity index (χ2n) is 7.93. The summed E-state index contributed by atoms with van der Waals surface area (Å²) in [6, 6.07) is 10.1. The molecule has 1 amide bonds. The number of carbonyl (C=O) groups excluding carboxylic acids is 2. The Morgan fingerprint density at radius 2 is 1.96 bits per heavy atom. The largest absolute Gasteiger partial charge is 0.334 e. The number of amides is 1. The molecule has 1 unspecified atom stereocenters. The third-order valence-corrected chi connectivity index (χ3v) is 5.64. The van der Waals surface area contributed by atoms with Gasteiger partial charge in [0.15, 0.2) is 5.78 Å². The van der Waals surface area contributed by atoms with E-state index < -0.39 is 5.41 Å². The van der Waals surface area contributed by atoms with Gasteiger partial charge in [0.25, 0.3) is 0 Å². The quantitative estimate of drug-likeness (QED) is 0.771. The second-order valence-corrected chi connectivity index (χ2v) is 8.92. The number of Topliss-reactive ketones (excluding diaryl/α,β-unsaturated/α-hetero) is 1. The van der Waals surface area contributed by atoms with Crippen LogP contribution < -0.4 is 5.73 Å². The molecular weight excluding hydrogens is 360 g/mol. The highest BCUT2D eigenvalue weighted by Gasteiger charge is 2.39. The Balaban J connectivity index is 1.61. The molecule has 1 fully saturated rings. The summed E-state index contributed by atoms with van der Waals surface area (Å²) >= 11 is 1.61. The molecule has 0 aliphatic carbocycles. The van der Waals surface area contributed by atoms with Crippen molar-refractivity contribution in [2.45, 2.75) is 44.0 Å². The third-order valence-electron chi connectivity index (χ3n) is 4.66. The zero-order valence-electron chi connectivity index (χ0n) is 16.0. The molecule has 1 aromatic carbocycles. The van der Waals surface area contributed by atoms with Crippen molar-refractivity contribution in [2.24, 2.45) is 11.1 Å². The van der Waals surface area contributed by atoms with Crippen LogP contribution in [0.2, 0.25) is 0 Å². The van der Waals surface area contributed by atoms with Crippen LogP contribution in [0.1, 0.15) is 43.5 Å². The predicted molar refractivity (Wildman–Crippen MR) is 106 cm³/mol. The highest BCUT2D eigenvalue weighted by atomic mass is 32.2. The highest BCUT2D eigenvalue weighted by molar-refractivity contribution is 7.98. The Morgan fingerprint density at radius 1 is 1.30 bits per heavy atom. The Bertz CT molecular complexity index is 823. The molecule has 1 saturated heterocycles. The molecule has 6 nitrogen and oxygen atoms in total. The van der Waals surface area contributed by atoms with E-state index in [2.05, 4.69) is 22.3 Å². The lowest BCUT2D eigenvalue weighted by Gasteiger charge is -2.24. The first kappa shape index (κ1) is 19.6. The van der Waals surface area contributed by atoms with Crippen LogP contribution in [-0.2, 0) is 21.9 Å². The number of nitrogens with zero attached hydrogens (tertiary/aromatic N) is 2. The number of carbonyl (C=O) groups is 2. The number of ketones is 1. The molecule has 27 heavy (non-hydrogen) atoms. The molecule has 2 heterocycles. The standard InChI is InChI=1S/C20H26N4O2S/c1-20(2,3)19(26)24-10-15(17(25)11-24)16-8-18(23-22-16)27-12-14-6-4-13(9-21)5-7-14/h4-8,15H,9-12,21H2,1-3H3,(H,22,23). The maximum atomic E-state index is 12.4. The van der Waals surface area contributed by atoms with E-state index in [-0.39, 0.29) is 24.2 Å². The van der Waals surface area contributed by atoms with Crippen molar-refractivity contribution >= 4 is 23.5 Å². The number of rotatable bonds is 5. The summed E-state index contributed by atoms with van der Waals surface area (Å²) in [7, 11) is 0. The number of aromatic nitrogens is 2. The van der Waals surface area contributed by atoms with Gasteiger partial charge in [-0.2, -0.15) is 5.10 Å². The minimum Gasteiger partial charge on any atom is -0.334 e. The van der Waals surface area contributed by atoms with Crippen molar-refractivity contribution in [3.8, 4) is 0 Å². The molecule has 3 N–H and O–H groups in total. The van der Waals surface area contributed by atoms with Gasteiger partial charge in [0, 0.05) is 30.0 Å². The van der Waals surface area contributed by atoms with Crippen molar-refractivity contribution in [3.63, 3.8) is 0 Å². The van der Waals surface area contributed by atoms with Gasteiger partial charge in [0.1, 0.15) is 5.03 Å². The van der Waals surface area contributed by atoms with Gasteiger partial charge in [-0.3, -0.25) is 14.7 Å². The van der Waals surface area contributed by atoms with Crippen LogP contribution in [0.15, 0.2) is 35.4 Å². The molecule has 0 spiro atoms. The van der Waals surface area contributed by atoms with E-state index in [9.17, 15) is 9.59 Å². The first-order valence-electron chi connectivity index (χ1n) is 9.06. The van der Waals surface area contributed by atoms with E-state index in [1.165, 1.54) is 5.56 Å². The van der Waals surface area contributed by atoms with E-state index in [1.807, 2.05) is 39.0 Å². The van der Waals surface area contributed by atoms with Crippen molar-refractivity contribution in [2.75, 3.05) is 13.1 Å². The fourth-order valence-electron chi connectivity index (χ4n) is 3.08. The predicted octanol–water partition coefficient (Wildman–Crippen LogP) is 2.70. The minimum atomic E-state index is -0.483. The molecule has 2 aromatic rings. The summed E-state index contributed by atoms with van der Waals surface area (Å²) in [6.45, 7) is 6.76. The molecule has 144 valence electrons. The van der Waals surface area contributed by atoms with E-state index in [4.69, 9.17) is 5.73 Å². The highest BCUT2D eigenvalue weighted by Crippen LogP contribution is 2.30. The normalized spacial score (nSPS) is 17.6. The Kier molecular flexibility index (Phi) is 5.72. The zero-order valence-corrected chi connectivity index (χ0v) is 16.8. The SMILES string of the molecule is CC(C)(C)C(=O)N1CC(=O)C(c2cc(SCc3ccc(CN)cc3)n[nH]2)C1. The molecular formula is C20H26N4O2S. The van der Waals surface area contributed by atoms with Crippen LogP contribution in [0.5, 0.6) is 0 Å². The maximum Gasteiger partial charge on any atom is 0.228 e. The molecule has 1 atom stereocenters. The van der Waals surface area contributed by atoms with Crippen molar-refractivity contribution in [3.05, 3.63) is 47.2 Å². The lowest BCUT2D eigenvalue weighted by molar-refractivity contribution is -0.139. The second kappa shape index (κ2) is 7.86. The van der Waals surface area contributed by atoms with Gasteiger partial charge in [-0.1, -0.05) is 56.8 Å².